The molecule has 0 fully saturated rings. The average molecular weight is 354 g/mol. The Balaban J connectivity index is 1.76. The van der Waals surface area contributed by atoms with Crippen LogP contribution in [0.15, 0.2) is 48.5 Å². The van der Waals surface area contributed by atoms with Gasteiger partial charge in [-0.3, -0.25) is 9.69 Å². The van der Waals surface area contributed by atoms with Crippen molar-refractivity contribution in [2.45, 2.75) is 40.2 Å². The largest absolute Gasteiger partial charge is 0.493 e. The highest BCUT2D eigenvalue weighted by Gasteiger charge is 2.06. The summed E-state index contributed by atoms with van der Waals surface area (Å²) in [6.45, 7) is 9.83. The second-order valence-corrected chi connectivity index (χ2v) is 6.43. The molecule has 0 saturated heterocycles. The van der Waals surface area contributed by atoms with Crippen LogP contribution in [0.25, 0.3) is 0 Å². The molecule has 0 aliphatic carbocycles. The molecule has 4 heteroatoms. The minimum Gasteiger partial charge on any atom is -0.493 e. The number of rotatable bonds is 10. The van der Waals surface area contributed by atoms with E-state index < -0.39 is 0 Å². The summed E-state index contributed by atoms with van der Waals surface area (Å²) < 4.78 is 5.74. The van der Waals surface area contributed by atoms with Crippen molar-refractivity contribution in [1.29, 1.82) is 0 Å². The molecule has 0 heterocycles. The van der Waals surface area contributed by atoms with Gasteiger partial charge in [-0.1, -0.05) is 44.2 Å². The Morgan fingerprint density at radius 2 is 1.85 bits per heavy atom. The normalized spacial score (nSPS) is 10.8. The average Bonchev–Trinajstić information content (AvgIpc) is 2.65. The molecule has 0 aliphatic heterocycles. The molecule has 0 aliphatic rings. The fourth-order valence-corrected chi connectivity index (χ4v) is 2.81. The Morgan fingerprint density at radius 3 is 2.58 bits per heavy atom. The summed E-state index contributed by atoms with van der Waals surface area (Å²) in [6.07, 6.45) is 1.14. The second kappa shape index (κ2) is 10.6. The number of hydrogen-bond acceptors (Lipinski definition) is 3. The number of ether oxygens (including phenoxy) is 1. The van der Waals surface area contributed by atoms with E-state index in [2.05, 4.69) is 36.2 Å². The fraction of sp³-hybridized carbons (Fsp3) is 0.409. The molecule has 140 valence electrons. The van der Waals surface area contributed by atoms with Crippen LogP contribution in [0.2, 0.25) is 0 Å². The first-order valence-corrected chi connectivity index (χ1v) is 9.42. The Bertz CT molecular complexity index is 696. The van der Waals surface area contributed by atoms with Crippen LogP contribution in [0.4, 0.5) is 5.69 Å². The van der Waals surface area contributed by atoms with E-state index >= 15 is 0 Å². The van der Waals surface area contributed by atoms with E-state index in [-0.39, 0.29) is 5.91 Å². The van der Waals surface area contributed by atoms with E-state index in [0.717, 1.165) is 36.6 Å². The molecule has 0 unspecified atom stereocenters. The van der Waals surface area contributed by atoms with Gasteiger partial charge in [0.1, 0.15) is 5.75 Å². The molecule has 2 aromatic rings. The van der Waals surface area contributed by atoms with Gasteiger partial charge in [-0.15, -0.1) is 0 Å². The zero-order chi connectivity index (χ0) is 18.8. The standard InChI is InChI=1S/C22H30N2O2/c1-4-24(5-2)17-19-11-8-12-20(16-19)23-22(25)14-9-15-26-21-13-7-6-10-18(21)3/h6-8,10-13,16H,4-5,9,14-15,17H2,1-3H3,(H,23,25). The monoisotopic (exact) mass is 354 g/mol. The summed E-state index contributed by atoms with van der Waals surface area (Å²) in [5.41, 5.74) is 3.19. The van der Waals surface area contributed by atoms with Crippen LogP contribution in [-0.4, -0.2) is 30.5 Å². The lowest BCUT2D eigenvalue weighted by atomic mass is 10.2. The van der Waals surface area contributed by atoms with Gasteiger partial charge in [0.15, 0.2) is 0 Å². The molecule has 1 N–H and O–H groups in total. The number of nitrogens with one attached hydrogen (secondary N) is 1. The summed E-state index contributed by atoms with van der Waals surface area (Å²) in [6, 6.07) is 16.0. The molecular weight excluding hydrogens is 324 g/mol. The van der Waals surface area contributed by atoms with E-state index in [1.807, 2.05) is 43.3 Å². The molecule has 4 nitrogen and oxygen atoms in total. The van der Waals surface area contributed by atoms with Crippen molar-refractivity contribution in [1.82, 2.24) is 4.90 Å². The summed E-state index contributed by atoms with van der Waals surface area (Å²) in [7, 11) is 0. The van der Waals surface area contributed by atoms with Gasteiger partial charge in [-0.2, -0.15) is 0 Å². The molecule has 0 radical (unpaired) electrons. The van der Waals surface area contributed by atoms with Gasteiger partial charge in [-0.25, -0.2) is 0 Å². The maximum atomic E-state index is 12.2. The van der Waals surface area contributed by atoms with Crippen molar-refractivity contribution in [3.05, 3.63) is 59.7 Å². The topological polar surface area (TPSA) is 41.6 Å². The van der Waals surface area contributed by atoms with Crippen LogP contribution in [-0.2, 0) is 11.3 Å². The minimum atomic E-state index is 0.0263. The molecule has 0 spiro atoms. The first kappa shape index (κ1) is 20.0. The minimum absolute atomic E-state index is 0.0263. The third kappa shape index (κ3) is 6.52. The van der Waals surface area contributed by atoms with Gasteiger partial charge in [0.05, 0.1) is 6.61 Å². The highest BCUT2D eigenvalue weighted by Crippen LogP contribution is 2.17. The highest BCUT2D eigenvalue weighted by molar-refractivity contribution is 5.90. The molecule has 26 heavy (non-hydrogen) atoms. The van der Waals surface area contributed by atoms with Crippen molar-refractivity contribution >= 4 is 11.6 Å². The van der Waals surface area contributed by atoms with E-state index in [9.17, 15) is 4.79 Å². The zero-order valence-corrected chi connectivity index (χ0v) is 16.1. The summed E-state index contributed by atoms with van der Waals surface area (Å²) in [4.78, 5) is 14.5. The van der Waals surface area contributed by atoms with Gasteiger partial charge in [0.2, 0.25) is 5.91 Å². The second-order valence-electron chi connectivity index (χ2n) is 6.43. The summed E-state index contributed by atoms with van der Waals surface area (Å²) in [5, 5.41) is 2.99. The number of nitrogens with zero attached hydrogens (tertiary/aromatic N) is 1. The summed E-state index contributed by atoms with van der Waals surface area (Å²) >= 11 is 0. The molecular formula is C22H30N2O2. The van der Waals surface area contributed by atoms with Crippen LogP contribution in [0.1, 0.15) is 37.8 Å². The first-order chi connectivity index (χ1) is 12.6. The first-order valence-electron chi connectivity index (χ1n) is 9.42. The number of carbonyl (C=O) groups is 1. The Labute approximate surface area is 157 Å². The van der Waals surface area contributed by atoms with Gasteiger partial charge < -0.3 is 10.1 Å². The number of carbonyl (C=O) groups excluding carboxylic acids is 1. The van der Waals surface area contributed by atoms with Crippen LogP contribution < -0.4 is 10.1 Å². The lowest BCUT2D eigenvalue weighted by molar-refractivity contribution is -0.116. The van der Waals surface area contributed by atoms with E-state index in [4.69, 9.17) is 4.74 Å². The predicted octanol–water partition coefficient (Wildman–Crippen LogP) is 4.63. The number of para-hydroxylation sites is 1. The maximum absolute atomic E-state index is 12.2. The van der Waals surface area contributed by atoms with Crippen LogP contribution >= 0.6 is 0 Å². The van der Waals surface area contributed by atoms with E-state index in [1.54, 1.807) is 0 Å². The van der Waals surface area contributed by atoms with Crippen LogP contribution in [0, 0.1) is 6.92 Å². The number of amides is 1. The van der Waals surface area contributed by atoms with Crippen LogP contribution in [0.3, 0.4) is 0 Å². The van der Waals surface area contributed by atoms with Crippen molar-refractivity contribution in [2.24, 2.45) is 0 Å². The third-order valence-electron chi connectivity index (χ3n) is 4.41. The summed E-state index contributed by atoms with van der Waals surface area (Å²) in [5.74, 6) is 0.912. The maximum Gasteiger partial charge on any atom is 0.224 e. The molecule has 2 rings (SSSR count). The molecule has 0 atom stereocenters. The Hall–Kier alpha value is -2.33. The van der Waals surface area contributed by atoms with Crippen molar-refractivity contribution in [2.75, 3.05) is 25.0 Å². The van der Waals surface area contributed by atoms with Crippen molar-refractivity contribution < 1.29 is 9.53 Å². The number of hydrogen-bond donors (Lipinski definition) is 1. The predicted molar refractivity (Wildman–Crippen MR) is 108 cm³/mol. The Morgan fingerprint density at radius 1 is 1.08 bits per heavy atom. The SMILES string of the molecule is CCN(CC)Cc1cccc(NC(=O)CCCOc2ccccc2C)c1. The number of anilines is 1. The molecule has 0 saturated carbocycles. The van der Waals surface area contributed by atoms with Gasteiger partial charge in [0, 0.05) is 18.7 Å². The molecule has 1 amide bonds. The fourth-order valence-electron chi connectivity index (χ4n) is 2.81. The van der Waals surface area contributed by atoms with E-state index in [1.165, 1.54) is 5.56 Å². The third-order valence-corrected chi connectivity index (χ3v) is 4.41. The molecule has 0 aromatic heterocycles. The highest BCUT2D eigenvalue weighted by atomic mass is 16.5. The van der Waals surface area contributed by atoms with E-state index in [0.29, 0.717) is 19.4 Å². The van der Waals surface area contributed by atoms with Gasteiger partial charge in [0.25, 0.3) is 0 Å². The zero-order valence-electron chi connectivity index (χ0n) is 16.1. The van der Waals surface area contributed by atoms with Crippen LogP contribution in [0.5, 0.6) is 5.75 Å². The number of benzene rings is 2. The smallest absolute Gasteiger partial charge is 0.224 e. The Kier molecular flexibility index (Phi) is 8.16. The van der Waals surface area contributed by atoms with Crippen molar-refractivity contribution in [3.8, 4) is 5.75 Å². The molecule has 2 aromatic carbocycles. The van der Waals surface area contributed by atoms with Crippen molar-refractivity contribution in [3.63, 3.8) is 0 Å². The number of aryl methyl sites for hydroxylation is 1. The molecule has 0 bridgehead atoms. The van der Waals surface area contributed by atoms with Gasteiger partial charge >= 0.3 is 0 Å². The quantitative estimate of drug-likeness (QED) is 0.632. The van der Waals surface area contributed by atoms with Gasteiger partial charge in [-0.05, 0) is 55.8 Å². The lowest BCUT2D eigenvalue weighted by Crippen LogP contribution is -2.22. The lowest BCUT2D eigenvalue weighted by Gasteiger charge is -2.18.